The third-order valence-electron chi connectivity index (χ3n) is 4.73. The molecule has 25 heavy (non-hydrogen) atoms. The Morgan fingerprint density at radius 2 is 1.60 bits per heavy atom. The molecule has 0 N–H and O–H groups in total. The van der Waals surface area contributed by atoms with Gasteiger partial charge in [0.15, 0.2) is 0 Å². The summed E-state index contributed by atoms with van der Waals surface area (Å²) >= 11 is 0. The molecule has 0 saturated heterocycles. The molecular weight excluding hydrogens is 310 g/mol. The molecule has 4 rings (SSSR count). The van der Waals surface area contributed by atoms with Gasteiger partial charge in [0, 0.05) is 5.39 Å². The highest BCUT2D eigenvalue weighted by atomic mass is 16.5. The molecule has 0 radical (unpaired) electrons. The second-order valence-electron chi connectivity index (χ2n) is 6.61. The predicted molar refractivity (Wildman–Crippen MR) is 101 cm³/mol. The van der Waals surface area contributed by atoms with Crippen molar-refractivity contribution in [3.8, 4) is 5.75 Å². The van der Waals surface area contributed by atoms with Crippen molar-refractivity contribution in [2.45, 2.75) is 19.9 Å². The van der Waals surface area contributed by atoms with E-state index in [-0.39, 0.29) is 6.04 Å². The maximum Gasteiger partial charge on any atom is 0.126 e. The second-order valence-corrected chi connectivity index (χ2v) is 6.61. The van der Waals surface area contributed by atoms with Gasteiger partial charge in [-0.05, 0) is 35.1 Å². The number of fused-ring (bicyclic) bond motifs is 2. The van der Waals surface area contributed by atoms with Gasteiger partial charge in [-0.25, -0.2) is 4.68 Å². The first-order chi connectivity index (χ1) is 12.2. The van der Waals surface area contributed by atoms with Gasteiger partial charge in [0.05, 0.1) is 18.7 Å². The van der Waals surface area contributed by atoms with Crippen LogP contribution in [-0.4, -0.2) is 22.1 Å². The summed E-state index contributed by atoms with van der Waals surface area (Å²) in [6.45, 7) is 4.44. The lowest BCUT2D eigenvalue weighted by Gasteiger charge is -2.24. The zero-order chi connectivity index (χ0) is 17.4. The molecule has 4 heteroatoms. The number of aromatic nitrogens is 3. The number of ether oxygens (including phenoxy) is 1. The van der Waals surface area contributed by atoms with E-state index >= 15 is 0 Å². The van der Waals surface area contributed by atoms with Crippen molar-refractivity contribution < 1.29 is 4.74 Å². The van der Waals surface area contributed by atoms with E-state index in [0.717, 1.165) is 22.2 Å². The smallest absolute Gasteiger partial charge is 0.126 e. The van der Waals surface area contributed by atoms with Gasteiger partial charge >= 0.3 is 0 Å². The van der Waals surface area contributed by atoms with Crippen LogP contribution in [0.3, 0.4) is 0 Å². The second kappa shape index (κ2) is 6.20. The van der Waals surface area contributed by atoms with Crippen LogP contribution in [0.15, 0.2) is 60.7 Å². The van der Waals surface area contributed by atoms with Crippen molar-refractivity contribution >= 4 is 21.8 Å². The summed E-state index contributed by atoms with van der Waals surface area (Å²) in [5.41, 5.74) is 3.22. The molecule has 4 nitrogen and oxygen atoms in total. The molecule has 3 aromatic carbocycles. The number of benzene rings is 3. The molecule has 0 spiro atoms. The molecule has 1 atom stereocenters. The van der Waals surface area contributed by atoms with Crippen LogP contribution in [0.25, 0.3) is 21.8 Å². The average Bonchev–Trinajstić information content (AvgIpc) is 3.06. The van der Waals surface area contributed by atoms with Crippen molar-refractivity contribution in [1.82, 2.24) is 15.0 Å². The van der Waals surface area contributed by atoms with Crippen LogP contribution in [0.5, 0.6) is 5.75 Å². The van der Waals surface area contributed by atoms with E-state index < -0.39 is 0 Å². The number of hydrogen-bond acceptors (Lipinski definition) is 3. The van der Waals surface area contributed by atoms with Gasteiger partial charge in [-0.1, -0.05) is 61.5 Å². The van der Waals surface area contributed by atoms with Crippen molar-refractivity contribution in [1.29, 1.82) is 0 Å². The van der Waals surface area contributed by atoms with Gasteiger partial charge < -0.3 is 4.74 Å². The Morgan fingerprint density at radius 1 is 0.880 bits per heavy atom. The minimum absolute atomic E-state index is 0.100. The Hall–Kier alpha value is -2.88. The zero-order valence-electron chi connectivity index (χ0n) is 14.7. The lowest BCUT2D eigenvalue weighted by molar-refractivity contribution is 0.404. The van der Waals surface area contributed by atoms with Gasteiger partial charge in [0.25, 0.3) is 0 Å². The first-order valence-corrected chi connectivity index (χ1v) is 8.56. The fourth-order valence-electron chi connectivity index (χ4n) is 3.60. The van der Waals surface area contributed by atoms with Crippen LogP contribution >= 0.6 is 0 Å². The van der Waals surface area contributed by atoms with Crippen molar-refractivity contribution in [2.75, 3.05) is 7.11 Å². The summed E-state index contributed by atoms with van der Waals surface area (Å²) in [6.07, 6.45) is 0. The van der Waals surface area contributed by atoms with Crippen LogP contribution in [0.4, 0.5) is 0 Å². The molecule has 0 fully saturated rings. The lowest BCUT2D eigenvalue weighted by atomic mass is 9.91. The molecule has 126 valence electrons. The molecule has 0 amide bonds. The topological polar surface area (TPSA) is 39.9 Å². The van der Waals surface area contributed by atoms with Crippen molar-refractivity contribution in [3.05, 3.63) is 66.2 Å². The van der Waals surface area contributed by atoms with Crippen LogP contribution in [0.1, 0.15) is 25.5 Å². The van der Waals surface area contributed by atoms with Gasteiger partial charge in [0.2, 0.25) is 0 Å². The van der Waals surface area contributed by atoms with E-state index in [1.165, 1.54) is 10.9 Å². The highest BCUT2D eigenvalue weighted by Gasteiger charge is 2.24. The van der Waals surface area contributed by atoms with Crippen molar-refractivity contribution in [2.24, 2.45) is 5.92 Å². The highest BCUT2D eigenvalue weighted by molar-refractivity contribution is 5.91. The predicted octanol–water partition coefficient (Wildman–Crippen LogP) is 4.84. The van der Waals surface area contributed by atoms with Gasteiger partial charge in [0.1, 0.15) is 11.3 Å². The maximum atomic E-state index is 5.55. The Kier molecular flexibility index (Phi) is 3.88. The molecule has 1 aromatic heterocycles. The first kappa shape index (κ1) is 15.6. The van der Waals surface area contributed by atoms with Crippen molar-refractivity contribution in [3.63, 3.8) is 0 Å². The fraction of sp³-hybridized carbons (Fsp3) is 0.238. The summed E-state index contributed by atoms with van der Waals surface area (Å²) < 4.78 is 7.60. The molecule has 0 bridgehead atoms. The van der Waals surface area contributed by atoms with Crippen LogP contribution in [0, 0.1) is 5.92 Å². The van der Waals surface area contributed by atoms with E-state index in [9.17, 15) is 0 Å². The Morgan fingerprint density at radius 3 is 2.36 bits per heavy atom. The maximum absolute atomic E-state index is 5.55. The molecular formula is C21H21N3O. The van der Waals surface area contributed by atoms with E-state index in [4.69, 9.17) is 4.74 Å². The summed E-state index contributed by atoms with van der Waals surface area (Å²) in [6, 6.07) is 20.8. The molecule has 1 heterocycles. The zero-order valence-corrected chi connectivity index (χ0v) is 14.7. The number of methoxy groups -OCH3 is 1. The Bertz CT molecular complexity index is 1040. The largest absolute Gasteiger partial charge is 0.496 e. The molecule has 0 saturated carbocycles. The average molecular weight is 331 g/mol. The molecule has 0 aliphatic rings. The molecule has 0 aliphatic carbocycles. The van der Waals surface area contributed by atoms with Crippen LogP contribution < -0.4 is 4.74 Å². The van der Waals surface area contributed by atoms with Gasteiger partial charge in [-0.3, -0.25) is 0 Å². The number of hydrogen-bond donors (Lipinski definition) is 0. The number of nitrogens with zero attached hydrogens (tertiary/aromatic N) is 3. The monoisotopic (exact) mass is 331 g/mol. The molecule has 0 aliphatic heterocycles. The van der Waals surface area contributed by atoms with Crippen LogP contribution in [0.2, 0.25) is 0 Å². The first-order valence-electron chi connectivity index (χ1n) is 8.56. The quantitative estimate of drug-likeness (QED) is 0.537. The Balaban J connectivity index is 1.98. The third kappa shape index (κ3) is 2.54. The summed E-state index contributed by atoms with van der Waals surface area (Å²) in [7, 11) is 1.71. The van der Waals surface area contributed by atoms with E-state index in [1.54, 1.807) is 7.11 Å². The third-order valence-corrected chi connectivity index (χ3v) is 4.73. The normalized spacial score (nSPS) is 12.8. The number of rotatable bonds is 4. The van der Waals surface area contributed by atoms with Crippen LogP contribution in [-0.2, 0) is 0 Å². The highest BCUT2D eigenvalue weighted by Crippen LogP contribution is 2.36. The SMILES string of the molecule is COc1ccc(C(C(C)C)n2nnc3ccccc32)c2ccccc12. The molecule has 4 aromatic rings. The lowest BCUT2D eigenvalue weighted by Crippen LogP contribution is -2.18. The minimum Gasteiger partial charge on any atom is -0.496 e. The molecule has 1 unspecified atom stereocenters. The van der Waals surface area contributed by atoms with Gasteiger partial charge in [-0.2, -0.15) is 0 Å². The minimum atomic E-state index is 0.100. The fourth-order valence-corrected chi connectivity index (χ4v) is 3.60. The Labute approximate surface area is 147 Å². The standard InChI is InChI=1S/C21H21N3O/c1-14(2)21(24-19-11-7-6-10-18(19)22-23-24)17-12-13-20(25-3)16-9-5-4-8-15(16)17/h4-14,21H,1-3H3. The summed E-state index contributed by atoms with van der Waals surface area (Å²) in [5, 5.41) is 11.1. The van der Waals surface area contributed by atoms with Gasteiger partial charge in [-0.15, -0.1) is 5.10 Å². The van der Waals surface area contributed by atoms with E-state index in [1.807, 2.05) is 35.0 Å². The number of para-hydroxylation sites is 1. The summed E-state index contributed by atoms with van der Waals surface area (Å²) in [5.74, 6) is 1.26. The summed E-state index contributed by atoms with van der Waals surface area (Å²) in [4.78, 5) is 0. The van der Waals surface area contributed by atoms with E-state index in [0.29, 0.717) is 5.92 Å². The van der Waals surface area contributed by atoms with E-state index in [2.05, 4.69) is 54.5 Å².